The molecule has 0 aliphatic carbocycles. The molecule has 1 aromatic carbocycles. The Bertz CT molecular complexity index is 426. The Hall–Kier alpha value is -1.07. The second-order valence-corrected chi connectivity index (χ2v) is 5.89. The summed E-state index contributed by atoms with van der Waals surface area (Å²) in [7, 11) is -3.17. The highest BCUT2D eigenvalue weighted by molar-refractivity contribution is 7.92. The highest BCUT2D eigenvalue weighted by Crippen LogP contribution is 2.11. The van der Waals surface area contributed by atoms with Gasteiger partial charge in [-0.15, -0.1) is 0 Å². The van der Waals surface area contributed by atoms with Crippen LogP contribution in [-0.4, -0.2) is 20.7 Å². The van der Waals surface area contributed by atoms with Crippen LogP contribution in [0.2, 0.25) is 0 Å². The largest absolute Gasteiger partial charge is 0.313 e. The van der Waals surface area contributed by atoms with Crippen molar-refractivity contribution >= 4 is 15.7 Å². The van der Waals surface area contributed by atoms with E-state index >= 15 is 0 Å². The maximum atomic E-state index is 11.3. The summed E-state index contributed by atoms with van der Waals surface area (Å²) in [5.74, 6) is 0.0901. The minimum Gasteiger partial charge on any atom is -0.313 e. The Balaban J connectivity index is 2.56. The molecule has 96 valence electrons. The summed E-state index contributed by atoms with van der Waals surface area (Å²) in [6.07, 6.45) is 1.11. The van der Waals surface area contributed by atoms with Gasteiger partial charge in [0.2, 0.25) is 10.0 Å². The molecule has 0 aliphatic rings. The molecule has 4 nitrogen and oxygen atoms in total. The van der Waals surface area contributed by atoms with Crippen molar-refractivity contribution in [3.63, 3.8) is 0 Å². The van der Waals surface area contributed by atoms with Crippen molar-refractivity contribution in [3.8, 4) is 0 Å². The summed E-state index contributed by atoms with van der Waals surface area (Å²) in [5.41, 5.74) is 1.77. The van der Waals surface area contributed by atoms with Crippen LogP contribution in [0.4, 0.5) is 5.69 Å². The summed E-state index contributed by atoms with van der Waals surface area (Å²) < 4.78 is 25.2. The van der Waals surface area contributed by atoms with Gasteiger partial charge in [-0.1, -0.05) is 19.1 Å². The fourth-order valence-electron chi connectivity index (χ4n) is 1.35. The maximum Gasteiger partial charge on any atom is 0.232 e. The Kier molecular flexibility index (Phi) is 5.44. The monoisotopic (exact) mass is 256 g/mol. The minimum absolute atomic E-state index is 0.0901. The predicted molar refractivity (Wildman–Crippen MR) is 71.5 cm³/mol. The van der Waals surface area contributed by atoms with E-state index in [2.05, 4.69) is 17.0 Å². The van der Waals surface area contributed by atoms with Gasteiger partial charge < -0.3 is 5.32 Å². The molecule has 1 rings (SSSR count). The van der Waals surface area contributed by atoms with Gasteiger partial charge in [-0.05, 0) is 37.6 Å². The lowest BCUT2D eigenvalue weighted by molar-refractivity contribution is 0.602. The van der Waals surface area contributed by atoms with Crippen LogP contribution >= 0.6 is 0 Å². The van der Waals surface area contributed by atoms with E-state index in [1.165, 1.54) is 0 Å². The molecule has 1 aromatic rings. The van der Waals surface area contributed by atoms with E-state index in [1.54, 1.807) is 19.1 Å². The van der Waals surface area contributed by atoms with Crippen LogP contribution in [0, 0.1) is 0 Å². The first-order chi connectivity index (χ1) is 8.07. The first-order valence-electron chi connectivity index (χ1n) is 5.87. The fourth-order valence-corrected chi connectivity index (χ4v) is 1.99. The lowest BCUT2D eigenvalue weighted by atomic mass is 10.2. The van der Waals surface area contributed by atoms with Crippen LogP contribution in [-0.2, 0) is 16.6 Å². The third-order valence-corrected chi connectivity index (χ3v) is 3.67. The average Bonchev–Trinajstić information content (AvgIpc) is 2.31. The Labute approximate surface area is 103 Å². The van der Waals surface area contributed by atoms with Gasteiger partial charge in [0.1, 0.15) is 0 Å². The summed E-state index contributed by atoms with van der Waals surface area (Å²) in [6, 6.07) is 7.43. The Morgan fingerprint density at radius 1 is 1.12 bits per heavy atom. The van der Waals surface area contributed by atoms with Gasteiger partial charge in [0.15, 0.2) is 0 Å². The summed E-state index contributed by atoms with van der Waals surface area (Å²) in [4.78, 5) is 0. The molecule has 0 aliphatic heterocycles. The van der Waals surface area contributed by atoms with Gasteiger partial charge in [0.25, 0.3) is 0 Å². The highest BCUT2D eigenvalue weighted by Gasteiger charge is 2.05. The molecule has 0 unspecified atom stereocenters. The average molecular weight is 256 g/mol. The van der Waals surface area contributed by atoms with Gasteiger partial charge >= 0.3 is 0 Å². The highest BCUT2D eigenvalue weighted by atomic mass is 32.2. The molecule has 5 heteroatoms. The van der Waals surface area contributed by atoms with Crippen molar-refractivity contribution in [2.45, 2.75) is 26.8 Å². The first-order valence-corrected chi connectivity index (χ1v) is 7.52. The van der Waals surface area contributed by atoms with Crippen molar-refractivity contribution in [1.29, 1.82) is 0 Å². The first kappa shape index (κ1) is 14.0. The van der Waals surface area contributed by atoms with Crippen LogP contribution in [0.3, 0.4) is 0 Å². The van der Waals surface area contributed by atoms with Crippen molar-refractivity contribution in [2.75, 3.05) is 17.0 Å². The van der Waals surface area contributed by atoms with Crippen molar-refractivity contribution in [1.82, 2.24) is 5.32 Å². The number of anilines is 1. The molecular weight excluding hydrogens is 236 g/mol. The van der Waals surface area contributed by atoms with Crippen LogP contribution < -0.4 is 10.0 Å². The molecule has 0 saturated heterocycles. The third kappa shape index (κ3) is 5.19. The maximum absolute atomic E-state index is 11.3. The SMILES string of the molecule is CCCNCc1ccc(NS(=O)(=O)CC)cc1. The zero-order valence-corrected chi connectivity index (χ0v) is 11.2. The van der Waals surface area contributed by atoms with Crippen LogP contribution in [0.1, 0.15) is 25.8 Å². The number of nitrogens with one attached hydrogen (secondary N) is 2. The summed E-state index contributed by atoms with van der Waals surface area (Å²) >= 11 is 0. The topological polar surface area (TPSA) is 58.2 Å². The lowest BCUT2D eigenvalue weighted by Gasteiger charge is -2.07. The number of hydrogen-bond donors (Lipinski definition) is 2. The van der Waals surface area contributed by atoms with E-state index in [1.807, 2.05) is 12.1 Å². The molecule has 17 heavy (non-hydrogen) atoms. The van der Waals surface area contributed by atoms with E-state index in [4.69, 9.17) is 0 Å². The molecule has 0 amide bonds. The molecule has 0 spiro atoms. The number of hydrogen-bond acceptors (Lipinski definition) is 3. The zero-order valence-electron chi connectivity index (χ0n) is 10.4. The van der Waals surface area contributed by atoms with E-state index in [-0.39, 0.29) is 5.75 Å². The predicted octanol–water partition coefficient (Wildman–Crippen LogP) is 1.95. The number of benzene rings is 1. The Morgan fingerprint density at radius 2 is 1.76 bits per heavy atom. The van der Waals surface area contributed by atoms with Gasteiger partial charge in [-0.25, -0.2) is 8.42 Å². The minimum atomic E-state index is -3.17. The molecule has 0 bridgehead atoms. The molecule has 0 heterocycles. The summed E-state index contributed by atoms with van der Waals surface area (Å²) in [6.45, 7) is 5.54. The Morgan fingerprint density at radius 3 is 2.29 bits per heavy atom. The molecule has 0 aromatic heterocycles. The standard InChI is InChI=1S/C12H20N2O2S/c1-3-9-13-10-11-5-7-12(8-6-11)14-17(15,16)4-2/h5-8,13-14H,3-4,9-10H2,1-2H3. The smallest absolute Gasteiger partial charge is 0.232 e. The van der Waals surface area contributed by atoms with Gasteiger partial charge in [-0.3, -0.25) is 4.72 Å². The second-order valence-electron chi connectivity index (χ2n) is 3.88. The molecule has 0 radical (unpaired) electrons. The van der Waals surface area contributed by atoms with E-state index in [0.717, 1.165) is 25.1 Å². The van der Waals surface area contributed by atoms with Crippen LogP contribution in [0.5, 0.6) is 0 Å². The molecule has 2 N–H and O–H groups in total. The van der Waals surface area contributed by atoms with Gasteiger partial charge in [0, 0.05) is 12.2 Å². The van der Waals surface area contributed by atoms with Crippen molar-refractivity contribution in [3.05, 3.63) is 29.8 Å². The van der Waals surface area contributed by atoms with E-state index in [9.17, 15) is 8.42 Å². The van der Waals surface area contributed by atoms with Crippen LogP contribution in [0.15, 0.2) is 24.3 Å². The molecular formula is C12H20N2O2S. The quantitative estimate of drug-likeness (QED) is 0.733. The van der Waals surface area contributed by atoms with Crippen LogP contribution in [0.25, 0.3) is 0 Å². The number of sulfonamides is 1. The van der Waals surface area contributed by atoms with Crippen molar-refractivity contribution in [2.24, 2.45) is 0 Å². The van der Waals surface area contributed by atoms with Crippen molar-refractivity contribution < 1.29 is 8.42 Å². The van der Waals surface area contributed by atoms with Gasteiger partial charge in [0.05, 0.1) is 5.75 Å². The summed E-state index contributed by atoms with van der Waals surface area (Å²) in [5, 5.41) is 3.29. The third-order valence-electron chi connectivity index (χ3n) is 2.36. The molecule has 0 fully saturated rings. The normalized spacial score (nSPS) is 11.4. The molecule has 0 atom stereocenters. The second kappa shape index (κ2) is 6.61. The fraction of sp³-hybridized carbons (Fsp3) is 0.500. The molecule has 0 saturated carbocycles. The van der Waals surface area contributed by atoms with E-state index < -0.39 is 10.0 Å². The zero-order chi connectivity index (χ0) is 12.7. The number of rotatable bonds is 7. The van der Waals surface area contributed by atoms with E-state index in [0.29, 0.717) is 5.69 Å². The van der Waals surface area contributed by atoms with Gasteiger partial charge in [-0.2, -0.15) is 0 Å². The lowest BCUT2D eigenvalue weighted by Crippen LogP contribution is -2.15.